The van der Waals surface area contributed by atoms with Crippen molar-refractivity contribution in [1.29, 1.82) is 0 Å². The second kappa shape index (κ2) is 8.62. The number of ketones is 1. The molecule has 156 valence electrons. The van der Waals surface area contributed by atoms with Gasteiger partial charge in [-0.05, 0) is 67.4 Å². The summed E-state index contributed by atoms with van der Waals surface area (Å²) in [6.45, 7) is 3.37. The number of carboxylic acid groups (broad SMARTS) is 2. The van der Waals surface area contributed by atoms with Crippen molar-refractivity contribution in [3.05, 3.63) is 99.6 Å². The zero-order valence-corrected chi connectivity index (χ0v) is 16.8. The van der Waals surface area contributed by atoms with Crippen LogP contribution < -0.4 is 5.32 Å². The summed E-state index contributed by atoms with van der Waals surface area (Å²) in [5.74, 6) is -3.82. The highest BCUT2D eigenvalue weighted by Gasteiger charge is 2.25. The molecule has 7 heteroatoms. The molecule has 3 N–H and O–H groups in total. The third-order valence-electron chi connectivity index (χ3n) is 4.77. The lowest BCUT2D eigenvalue weighted by atomic mass is 9.91. The minimum Gasteiger partial charge on any atom is -0.478 e. The maximum Gasteiger partial charge on any atom is 0.336 e. The van der Waals surface area contributed by atoms with Gasteiger partial charge in [-0.25, -0.2) is 9.59 Å². The van der Waals surface area contributed by atoms with Gasteiger partial charge < -0.3 is 15.5 Å². The van der Waals surface area contributed by atoms with Crippen molar-refractivity contribution in [2.24, 2.45) is 0 Å². The maximum absolute atomic E-state index is 13.0. The Hall–Kier alpha value is -4.26. The van der Waals surface area contributed by atoms with E-state index in [1.165, 1.54) is 36.4 Å². The molecule has 0 aliphatic heterocycles. The Morgan fingerprint density at radius 3 is 1.81 bits per heavy atom. The van der Waals surface area contributed by atoms with Crippen molar-refractivity contribution in [2.45, 2.75) is 13.8 Å². The SMILES string of the molecule is Cc1cc(C(=O)O)c(C(=O)c2ccc(NC(=O)c3ccccc3C)cc2)c(C(=O)O)c1. The van der Waals surface area contributed by atoms with Gasteiger partial charge in [0.1, 0.15) is 0 Å². The van der Waals surface area contributed by atoms with Gasteiger partial charge in [0.05, 0.1) is 16.7 Å². The molecule has 0 heterocycles. The van der Waals surface area contributed by atoms with Gasteiger partial charge in [0, 0.05) is 16.8 Å². The van der Waals surface area contributed by atoms with Crippen LogP contribution in [0.5, 0.6) is 0 Å². The molecule has 0 saturated heterocycles. The van der Waals surface area contributed by atoms with Gasteiger partial charge in [-0.1, -0.05) is 18.2 Å². The molecule has 7 nitrogen and oxygen atoms in total. The first-order chi connectivity index (χ1) is 14.7. The van der Waals surface area contributed by atoms with Crippen LogP contribution in [0.3, 0.4) is 0 Å². The van der Waals surface area contributed by atoms with E-state index in [0.717, 1.165) is 5.56 Å². The van der Waals surface area contributed by atoms with Crippen molar-refractivity contribution in [3.8, 4) is 0 Å². The summed E-state index contributed by atoms with van der Waals surface area (Å²) in [6.07, 6.45) is 0. The Kier molecular flexibility index (Phi) is 5.97. The summed E-state index contributed by atoms with van der Waals surface area (Å²) in [4.78, 5) is 48.7. The molecule has 3 rings (SSSR count). The first kappa shape index (κ1) is 21.4. The van der Waals surface area contributed by atoms with Gasteiger partial charge >= 0.3 is 11.9 Å². The Morgan fingerprint density at radius 2 is 1.29 bits per heavy atom. The second-order valence-corrected chi connectivity index (χ2v) is 7.02. The van der Waals surface area contributed by atoms with Crippen LogP contribution in [0.15, 0.2) is 60.7 Å². The van der Waals surface area contributed by atoms with Crippen LogP contribution in [0.1, 0.15) is 58.1 Å². The number of carboxylic acids is 2. The topological polar surface area (TPSA) is 121 Å². The molecular weight excluding hydrogens is 398 g/mol. The third kappa shape index (κ3) is 4.51. The fraction of sp³-hybridized carbons (Fsp3) is 0.0833. The number of nitrogens with one attached hydrogen (secondary N) is 1. The van der Waals surface area contributed by atoms with Crippen molar-refractivity contribution in [3.63, 3.8) is 0 Å². The number of carbonyl (C=O) groups excluding carboxylic acids is 2. The maximum atomic E-state index is 13.0. The summed E-state index contributed by atoms with van der Waals surface area (Å²) >= 11 is 0. The van der Waals surface area contributed by atoms with Gasteiger partial charge in [-0.3, -0.25) is 9.59 Å². The predicted molar refractivity (Wildman–Crippen MR) is 114 cm³/mol. The van der Waals surface area contributed by atoms with Gasteiger partial charge in [-0.2, -0.15) is 0 Å². The van der Waals surface area contributed by atoms with Gasteiger partial charge in [-0.15, -0.1) is 0 Å². The van der Waals surface area contributed by atoms with E-state index in [0.29, 0.717) is 16.8 Å². The van der Waals surface area contributed by atoms with E-state index < -0.39 is 17.7 Å². The molecule has 0 radical (unpaired) electrons. The zero-order chi connectivity index (χ0) is 22.7. The van der Waals surface area contributed by atoms with Crippen molar-refractivity contribution < 1.29 is 29.4 Å². The van der Waals surface area contributed by atoms with Crippen molar-refractivity contribution in [2.75, 3.05) is 5.32 Å². The Labute approximate surface area is 178 Å². The van der Waals surface area contributed by atoms with Gasteiger partial charge in [0.15, 0.2) is 5.78 Å². The highest BCUT2D eigenvalue weighted by molar-refractivity contribution is 6.19. The number of aromatic carboxylic acids is 2. The molecule has 3 aromatic rings. The molecule has 0 atom stereocenters. The molecule has 0 fully saturated rings. The van der Waals surface area contributed by atoms with E-state index in [4.69, 9.17) is 0 Å². The quantitative estimate of drug-likeness (QED) is 0.517. The molecule has 0 saturated carbocycles. The fourth-order valence-corrected chi connectivity index (χ4v) is 3.24. The minimum absolute atomic E-state index is 0.0998. The van der Waals surface area contributed by atoms with E-state index in [1.807, 2.05) is 19.1 Å². The average Bonchev–Trinajstić information content (AvgIpc) is 2.73. The van der Waals surface area contributed by atoms with Crippen LogP contribution in [0, 0.1) is 13.8 Å². The molecule has 1 amide bonds. The number of amides is 1. The molecule has 31 heavy (non-hydrogen) atoms. The van der Waals surface area contributed by atoms with Crippen LogP contribution >= 0.6 is 0 Å². The number of benzene rings is 3. The number of hydrogen-bond donors (Lipinski definition) is 3. The van der Waals surface area contributed by atoms with Crippen molar-refractivity contribution >= 4 is 29.3 Å². The lowest BCUT2D eigenvalue weighted by Gasteiger charge is -2.12. The highest BCUT2D eigenvalue weighted by atomic mass is 16.4. The molecule has 0 unspecified atom stereocenters. The Morgan fingerprint density at radius 1 is 0.742 bits per heavy atom. The molecule has 0 aromatic heterocycles. The fourth-order valence-electron chi connectivity index (χ4n) is 3.24. The Balaban J connectivity index is 1.93. The molecular formula is C24H19NO6. The zero-order valence-electron chi connectivity index (χ0n) is 16.8. The van der Waals surface area contributed by atoms with Crippen LogP contribution in [-0.2, 0) is 0 Å². The largest absolute Gasteiger partial charge is 0.478 e. The Bertz CT molecular complexity index is 1180. The normalized spacial score (nSPS) is 10.4. The highest BCUT2D eigenvalue weighted by Crippen LogP contribution is 2.23. The summed E-state index contributed by atoms with van der Waals surface area (Å²) in [5.41, 5.74) is 1.14. The van der Waals surface area contributed by atoms with Gasteiger partial charge in [0.2, 0.25) is 0 Å². The van der Waals surface area contributed by atoms with E-state index in [-0.39, 0.29) is 28.2 Å². The first-order valence-electron chi connectivity index (χ1n) is 9.32. The first-order valence-corrected chi connectivity index (χ1v) is 9.32. The van der Waals surface area contributed by atoms with E-state index in [2.05, 4.69) is 5.32 Å². The van der Waals surface area contributed by atoms with Crippen LogP contribution in [0.25, 0.3) is 0 Å². The second-order valence-electron chi connectivity index (χ2n) is 7.02. The van der Waals surface area contributed by atoms with E-state index in [1.54, 1.807) is 19.1 Å². The summed E-state index contributed by atoms with van der Waals surface area (Å²) in [6, 6.07) is 15.4. The number of anilines is 1. The minimum atomic E-state index is -1.39. The molecule has 0 spiro atoms. The van der Waals surface area contributed by atoms with Crippen LogP contribution in [-0.4, -0.2) is 33.8 Å². The molecule has 0 bridgehead atoms. The number of hydrogen-bond acceptors (Lipinski definition) is 4. The van der Waals surface area contributed by atoms with Gasteiger partial charge in [0.25, 0.3) is 5.91 Å². The number of aryl methyl sites for hydroxylation is 2. The molecule has 3 aromatic carbocycles. The molecule has 0 aliphatic carbocycles. The smallest absolute Gasteiger partial charge is 0.336 e. The summed E-state index contributed by atoms with van der Waals surface area (Å²) < 4.78 is 0. The van der Waals surface area contributed by atoms with E-state index in [9.17, 15) is 29.4 Å². The molecule has 0 aliphatic rings. The number of carbonyl (C=O) groups is 4. The number of rotatable bonds is 6. The third-order valence-corrected chi connectivity index (χ3v) is 4.77. The lowest BCUT2D eigenvalue weighted by Crippen LogP contribution is -2.17. The summed E-state index contributed by atoms with van der Waals surface area (Å²) in [7, 11) is 0. The summed E-state index contributed by atoms with van der Waals surface area (Å²) in [5, 5.41) is 21.7. The standard InChI is InChI=1S/C24H19NO6/c1-13-11-18(23(28)29)20(19(12-13)24(30)31)21(26)15-7-9-16(10-8-15)25-22(27)17-6-4-3-5-14(17)2/h3-12H,1-2H3,(H,25,27)(H,28,29)(H,30,31). The average molecular weight is 417 g/mol. The van der Waals surface area contributed by atoms with Crippen LogP contribution in [0.4, 0.5) is 5.69 Å². The van der Waals surface area contributed by atoms with Crippen LogP contribution in [0.2, 0.25) is 0 Å². The van der Waals surface area contributed by atoms with Crippen molar-refractivity contribution in [1.82, 2.24) is 0 Å². The lowest BCUT2D eigenvalue weighted by molar-refractivity contribution is 0.0689. The predicted octanol–water partition coefficient (Wildman–Crippen LogP) is 4.18. The monoisotopic (exact) mass is 417 g/mol. The van der Waals surface area contributed by atoms with E-state index >= 15 is 0 Å².